The Bertz CT molecular complexity index is 492. The zero-order valence-corrected chi connectivity index (χ0v) is 13.1. The number of aromatic nitrogens is 2. The van der Waals surface area contributed by atoms with E-state index in [1.54, 1.807) is 4.68 Å². The van der Waals surface area contributed by atoms with Gasteiger partial charge in [0, 0.05) is 19.6 Å². The first kappa shape index (κ1) is 15.6. The third-order valence-electron chi connectivity index (χ3n) is 3.78. The van der Waals surface area contributed by atoms with Crippen molar-refractivity contribution in [3.63, 3.8) is 0 Å². The lowest BCUT2D eigenvalue weighted by atomic mass is 10.1. The summed E-state index contributed by atoms with van der Waals surface area (Å²) < 4.78 is 6.58. The van der Waals surface area contributed by atoms with Crippen molar-refractivity contribution in [3.8, 4) is 0 Å². The summed E-state index contributed by atoms with van der Waals surface area (Å²) in [4.78, 5) is 16.2. The van der Waals surface area contributed by atoms with Crippen LogP contribution in [0.3, 0.4) is 0 Å². The van der Waals surface area contributed by atoms with Gasteiger partial charge in [0.05, 0.1) is 13.7 Å². The lowest BCUT2D eigenvalue weighted by molar-refractivity contribution is 0.0602. The van der Waals surface area contributed by atoms with Crippen molar-refractivity contribution in [2.24, 2.45) is 0 Å². The number of nitrogens with two attached hydrogens (primary N) is 1. The Balaban J connectivity index is 2.31. The molecular weight excluding hydrogens is 270 g/mol. The van der Waals surface area contributed by atoms with E-state index in [2.05, 4.69) is 14.9 Å². The molecule has 1 saturated heterocycles. The summed E-state index contributed by atoms with van der Waals surface area (Å²) in [7, 11) is 5.36. The minimum absolute atomic E-state index is 0.393. The molecule has 1 fully saturated rings. The average molecular weight is 295 g/mol. The number of rotatable bonds is 5. The van der Waals surface area contributed by atoms with E-state index in [4.69, 9.17) is 10.5 Å². The molecule has 0 radical (unpaired) electrons. The summed E-state index contributed by atoms with van der Waals surface area (Å²) in [5.41, 5.74) is 6.53. The number of methoxy groups -OCH3 is 1. The number of carbonyl (C=O) groups is 1. The first-order chi connectivity index (χ1) is 10.0. The second-order valence-electron chi connectivity index (χ2n) is 5.65. The predicted molar refractivity (Wildman–Crippen MR) is 82.6 cm³/mol. The van der Waals surface area contributed by atoms with E-state index in [1.165, 1.54) is 13.5 Å². The number of hydrogen-bond acceptors (Lipinski definition) is 6. The number of anilines is 2. The molecule has 0 bridgehead atoms. The molecule has 0 spiro atoms. The van der Waals surface area contributed by atoms with Gasteiger partial charge < -0.3 is 20.3 Å². The van der Waals surface area contributed by atoms with E-state index in [0.29, 0.717) is 23.7 Å². The largest absolute Gasteiger partial charge is 0.465 e. The van der Waals surface area contributed by atoms with Crippen molar-refractivity contribution in [1.29, 1.82) is 0 Å². The molecule has 0 aromatic carbocycles. The number of likely N-dealkylation sites (N-methyl/N-ethyl adjacent to an activating group) is 1. The van der Waals surface area contributed by atoms with Crippen molar-refractivity contribution in [2.75, 3.05) is 51.5 Å². The van der Waals surface area contributed by atoms with Gasteiger partial charge in [-0.15, -0.1) is 0 Å². The molecule has 1 aromatic rings. The van der Waals surface area contributed by atoms with Gasteiger partial charge in [-0.25, -0.2) is 9.48 Å². The molecule has 0 aliphatic carbocycles. The van der Waals surface area contributed by atoms with Crippen LogP contribution in [0.1, 0.15) is 29.6 Å². The van der Waals surface area contributed by atoms with Crippen molar-refractivity contribution >= 4 is 17.6 Å². The standard InChI is InChI=1S/C14H25N5O2/c1-17(2)9-10-19-12(15)11(14(20)21-3)13(16-19)18-7-5-4-6-8-18/h4-10,15H2,1-3H3. The van der Waals surface area contributed by atoms with Gasteiger partial charge in [-0.3, -0.25) is 0 Å². The molecule has 0 atom stereocenters. The highest BCUT2D eigenvalue weighted by Gasteiger charge is 2.27. The van der Waals surface area contributed by atoms with Crippen molar-refractivity contribution in [1.82, 2.24) is 14.7 Å². The predicted octanol–water partition coefficient (Wildman–Crippen LogP) is 0.804. The molecular formula is C14H25N5O2. The number of piperidine rings is 1. The van der Waals surface area contributed by atoms with Crippen LogP contribution in [0.15, 0.2) is 0 Å². The Morgan fingerprint density at radius 3 is 2.57 bits per heavy atom. The smallest absolute Gasteiger partial charge is 0.345 e. The molecule has 0 amide bonds. The van der Waals surface area contributed by atoms with Crippen molar-refractivity contribution in [3.05, 3.63) is 5.56 Å². The molecule has 1 aromatic heterocycles. The zero-order valence-electron chi connectivity index (χ0n) is 13.1. The second-order valence-corrected chi connectivity index (χ2v) is 5.65. The molecule has 2 rings (SSSR count). The minimum atomic E-state index is -0.413. The number of nitrogens with zero attached hydrogens (tertiary/aromatic N) is 4. The van der Waals surface area contributed by atoms with E-state index >= 15 is 0 Å². The van der Waals surface area contributed by atoms with Gasteiger partial charge in [-0.2, -0.15) is 5.10 Å². The summed E-state index contributed by atoms with van der Waals surface area (Å²) >= 11 is 0. The van der Waals surface area contributed by atoms with Gasteiger partial charge in [0.15, 0.2) is 5.82 Å². The van der Waals surface area contributed by atoms with E-state index in [-0.39, 0.29) is 0 Å². The fraction of sp³-hybridized carbons (Fsp3) is 0.714. The van der Waals surface area contributed by atoms with Gasteiger partial charge in [-0.1, -0.05) is 0 Å². The Morgan fingerprint density at radius 2 is 2.00 bits per heavy atom. The molecule has 7 heteroatoms. The monoisotopic (exact) mass is 295 g/mol. The molecule has 21 heavy (non-hydrogen) atoms. The van der Waals surface area contributed by atoms with Gasteiger partial charge in [-0.05, 0) is 33.4 Å². The van der Waals surface area contributed by atoms with Crippen molar-refractivity contribution < 1.29 is 9.53 Å². The van der Waals surface area contributed by atoms with Gasteiger partial charge >= 0.3 is 5.97 Å². The Labute approximate surface area is 125 Å². The SMILES string of the molecule is COC(=O)c1c(N2CCCCC2)nn(CCN(C)C)c1N. The molecule has 1 aliphatic heterocycles. The number of carbonyl (C=O) groups excluding carboxylic acids is 1. The maximum Gasteiger partial charge on any atom is 0.345 e. The lowest BCUT2D eigenvalue weighted by Crippen LogP contribution is -2.31. The molecule has 7 nitrogen and oxygen atoms in total. The molecule has 2 heterocycles. The van der Waals surface area contributed by atoms with Crippen LogP contribution in [0, 0.1) is 0 Å². The first-order valence-corrected chi connectivity index (χ1v) is 7.39. The van der Waals surface area contributed by atoms with Gasteiger partial charge in [0.2, 0.25) is 0 Å². The second kappa shape index (κ2) is 6.80. The Hall–Kier alpha value is -1.76. The fourth-order valence-corrected chi connectivity index (χ4v) is 2.55. The highest BCUT2D eigenvalue weighted by Crippen LogP contribution is 2.28. The summed E-state index contributed by atoms with van der Waals surface area (Å²) in [6.45, 7) is 3.28. The normalized spacial score (nSPS) is 15.5. The first-order valence-electron chi connectivity index (χ1n) is 7.39. The highest BCUT2D eigenvalue weighted by atomic mass is 16.5. The number of esters is 1. The van der Waals surface area contributed by atoms with Crippen LogP contribution in [-0.2, 0) is 11.3 Å². The summed E-state index contributed by atoms with van der Waals surface area (Å²) in [5, 5.41) is 4.56. The molecule has 0 saturated carbocycles. The van der Waals surface area contributed by atoms with E-state index in [1.807, 2.05) is 14.1 Å². The molecule has 118 valence electrons. The van der Waals surface area contributed by atoms with Crippen LogP contribution >= 0.6 is 0 Å². The number of ether oxygens (including phenoxy) is 1. The lowest BCUT2D eigenvalue weighted by Gasteiger charge is -2.27. The van der Waals surface area contributed by atoms with Crippen LogP contribution in [0.4, 0.5) is 11.6 Å². The van der Waals surface area contributed by atoms with Crippen molar-refractivity contribution in [2.45, 2.75) is 25.8 Å². The summed E-state index contributed by atoms with van der Waals surface area (Å²) in [6.07, 6.45) is 3.46. The van der Waals surface area contributed by atoms with Crippen LogP contribution < -0.4 is 10.6 Å². The summed E-state index contributed by atoms with van der Waals surface area (Å²) in [6, 6.07) is 0. The van der Waals surface area contributed by atoms with Gasteiger partial charge in [0.1, 0.15) is 11.4 Å². The quantitative estimate of drug-likeness (QED) is 0.810. The highest BCUT2D eigenvalue weighted by molar-refractivity contribution is 5.99. The minimum Gasteiger partial charge on any atom is -0.465 e. The zero-order chi connectivity index (χ0) is 15.4. The fourth-order valence-electron chi connectivity index (χ4n) is 2.55. The van der Waals surface area contributed by atoms with Crippen LogP contribution in [0.5, 0.6) is 0 Å². The third-order valence-corrected chi connectivity index (χ3v) is 3.78. The molecule has 0 unspecified atom stereocenters. The maximum atomic E-state index is 12.1. The maximum absolute atomic E-state index is 12.1. The van der Waals surface area contributed by atoms with Crippen LogP contribution in [0.25, 0.3) is 0 Å². The van der Waals surface area contributed by atoms with Crippen LogP contribution in [-0.4, -0.2) is 61.5 Å². The Morgan fingerprint density at radius 1 is 1.33 bits per heavy atom. The van der Waals surface area contributed by atoms with E-state index in [0.717, 1.165) is 32.5 Å². The topological polar surface area (TPSA) is 76.6 Å². The number of nitrogen functional groups attached to an aromatic ring is 1. The van der Waals surface area contributed by atoms with E-state index < -0.39 is 5.97 Å². The molecule has 2 N–H and O–H groups in total. The molecule has 1 aliphatic rings. The van der Waals surface area contributed by atoms with Crippen LogP contribution in [0.2, 0.25) is 0 Å². The van der Waals surface area contributed by atoms with E-state index in [9.17, 15) is 4.79 Å². The van der Waals surface area contributed by atoms with Gasteiger partial charge in [0.25, 0.3) is 0 Å². The number of hydrogen-bond donors (Lipinski definition) is 1. The average Bonchev–Trinajstić information content (AvgIpc) is 2.82. The third kappa shape index (κ3) is 3.47. The Kier molecular flexibility index (Phi) is 5.06. The summed E-state index contributed by atoms with van der Waals surface area (Å²) in [5.74, 6) is 0.645.